The number of aromatic nitrogens is 1. The number of nitrogens with zero attached hydrogens (tertiary/aromatic N) is 1. The zero-order valence-electron chi connectivity index (χ0n) is 8.10. The molecule has 14 heavy (non-hydrogen) atoms. The van der Waals surface area contributed by atoms with Crippen LogP contribution in [0.2, 0.25) is 0 Å². The van der Waals surface area contributed by atoms with Gasteiger partial charge in [-0.1, -0.05) is 0 Å². The molecule has 2 atom stereocenters. The number of nitrogens with two attached hydrogens (primary N) is 1. The molecule has 1 saturated heterocycles. The van der Waals surface area contributed by atoms with E-state index in [0.717, 1.165) is 0 Å². The molecule has 0 aromatic carbocycles. The molecule has 1 aliphatic heterocycles. The van der Waals surface area contributed by atoms with Gasteiger partial charge in [0.1, 0.15) is 5.01 Å². The average Bonchev–Trinajstić information content (AvgIpc) is 2.68. The minimum absolute atomic E-state index is 0.127. The topological polar surface area (TPSA) is 38.9 Å². The number of hydrogen-bond acceptors (Lipinski definition) is 5. The quantitative estimate of drug-likeness (QED) is 0.871. The zero-order chi connectivity index (χ0) is 9.97. The lowest BCUT2D eigenvalue weighted by Gasteiger charge is -2.18. The first-order valence-electron chi connectivity index (χ1n) is 4.68. The third-order valence-electron chi connectivity index (χ3n) is 2.08. The smallest absolute Gasteiger partial charge is 0.107 e. The normalized spacial score (nSPS) is 24.9. The second kappa shape index (κ2) is 4.88. The van der Waals surface area contributed by atoms with Crippen molar-refractivity contribution in [2.45, 2.75) is 18.2 Å². The third-order valence-corrected chi connectivity index (χ3v) is 6.31. The molecule has 78 valence electrons. The molecule has 1 aromatic heterocycles. The lowest BCUT2D eigenvalue weighted by Crippen LogP contribution is -2.05. The Morgan fingerprint density at radius 2 is 2.43 bits per heavy atom. The molecule has 0 bridgehead atoms. The van der Waals surface area contributed by atoms with Gasteiger partial charge >= 0.3 is 0 Å². The van der Waals surface area contributed by atoms with Gasteiger partial charge in [-0.15, -0.1) is 23.1 Å². The first-order chi connectivity index (χ1) is 6.77. The van der Waals surface area contributed by atoms with Gasteiger partial charge < -0.3 is 5.73 Å². The molecular weight excluding hydrogens is 232 g/mol. The summed E-state index contributed by atoms with van der Waals surface area (Å²) < 4.78 is 0. The Morgan fingerprint density at radius 1 is 1.57 bits per heavy atom. The Morgan fingerprint density at radius 3 is 3.00 bits per heavy atom. The van der Waals surface area contributed by atoms with Crippen molar-refractivity contribution in [1.82, 2.24) is 4.98 Å². The van der Waals surface area contributed by atoms with Crippen LogP contribution in [0.5, 0.6) is 0 Å². The Balaban J connectivity index is 2.07. The molecule has 1 fully saturated rings. The molecule has 2 N–H and O–H groups in total. The van der Waals surface area contributed by atoms with Gasteiger partial charge in [-0.2, -0.15) is 11.8 Å². The number of thioether (sulfide) groups is 2. The minimum Gasteiger partial charge on any atom is -0.323 e. The van der Waals surface area contributed by atoms with Gasteiger partial charge in [0.15, 0.2) is 0 Å². The highest BCUT2D eigenvalue weighted by molar-refractivity contribution is 8.06. The van der Waals surface area contributed by atoms with Crippen molar-refractivity contribution in [3.05, 3.63) is 16.1 Å². The van der Waals surface area contributed by atoms with E-state index < -0.39 is 0 Å². The Kier molecular flexibility index (Phi) is 3.76. The fourth-order valence-electron chi connectivity index (χ4n) is 1.29. The summed E-state index contributed by atoms with van der Waals surface area (Å²) in [6, 6.07) is 0.127. The number of thiazole rings is 1. The minimum atomic E-state index is 0.127. The number of rotatable bonds is 2. The van der Waals surface area contributed by atoms with E-state index in [9.17, 15) is 0 Å². The molecule has 1 aliphatic rings. The molecule has 0 radical (unpaired) electrons. The molecule has 1 aromatic rings. The van der Waals surface area contributed by atoms with Crippen LogP contribution in [0.1, 0.15) is 28.1 Å². The van der Waals surface area contributed by atoms with Crippen LogP contribution in [0.15, 0.2) is 6.20 Å². The molecule has 2 unspecified atom stereocenters. The van der Waals surface area contributed by atoms with Crippen LogP contribution >= 0.6 is 34.9 Å². The van der Waals surface area contributed by atoms with Crippen LogP contribution in [0.25, 0.3) is 0 Å². The van der Waals surface area contributed by atoms with Crippen molar-refractivity contribution in [2.75, 3.05) is 17.3 Å². The van der Waals surface area contributed by atoms with Gasteiger partial charge in [0.2, 0.25) is 0 Å². The van der Waals surface area contributed by atoms with E-state index in [1.165, 1.54) is 27.1 Å². The van der Waals surface area contributed by atoms with Crippen LogP contribution < -0.4 is 5.73 Å². The summed E-state index contributed by atoms with van der Waals surface area (Å²) in [5.74, 6) is 3.74. The van der Waals surface area contributed by atoms with Gasteiger partial charge in [-0.3, -0.25) is 0 Å². The SMILES string of the molecule is CC(N)c1cnc(C2CSCCS2)s1. The largest absolute Gasteiger partial charge is 0.323 e. The Hall–Kier alpha value is 0.290. The maximum absolute atomic E-state index is 5.81. The van der Waals surface area contributed by atoms with E-state index in [1.54, 1.807) is 11.3 Å². The fraction of sp³-hybridized carbons (Fsp3) is 0.667. The van der Waals surface area contributed by atoms with Gasteiger partial charge in [0.25, 0.3) is 0 Å². The first kappa shape index (κ1) is 10.8. The summed E-state index contributed by atoms with van der Waals surface area (Å²) in [5, 5.41) is 1.86. The highest BCUT2D eigenvalue weighted by atomic mass is 32.2. The maximum Gasteiger partial charge on any atom is 0.107 e. The second-order valence-electron chi connectivity index (χ2n) is 3.32. The highest BCUT2D eigenvalue weighted by Crippen LogP contribution is 2.38. The van der Waals surface area contributed by atoms with Crippen molar-refractivity contribution >= 4 is 34.9 Å². The van der Waals surface area contributed by atoms with Crippen molar-refractivity contribution in [3.8, 4) is 0 Å². The van der Waals surface area contributed by atoms with Crippen LogP contribution in [-0.2, 0) is 0 Å². The Labute approximate surface area is 97.1 Å². The standard InChI is InChI=1S/C9H14N2S3/c1-6(10)7-4-11-9(14-7)8-5-12-2-3-13-8/h4,6,8H,2-3,5,10H2,1H3. The maximum atomic E-state index is 5.81. The second-order valence-corrected chi connectivity index (χ2v) is 6.88. The lowest BCUT2D eigenvalue weighted by molar-refractivity contribution is 0.835. The number of hydrogen-bond donors (Lipinski definition) is 1. The fourth-order valence-corrected chi connectivity index (χ4v) is 5.15. The Bertz CT molecular complexity index is 292. The van der Waals surface area contributed by atoms with Crippen molar-refractivity contribution < 1.29 is 0 Å². The molecule has 0 amide bonds. The van der Waals surface area contributed by atoms with Gasteiger partial charge in [-0.05, 0) is 6.92 Å². The van der Waals surface area contributed by atoms with E-state index in [0.29, 0.717) is 5.25 Å². The summed E-state index contributed by atoms with van der Waals surface area (Å²) >= 11 is 5.83. The summed E-state index contributed by atoms with van der Waals surface area (Å²) in [6.07, 6.45) is 1.94. The van der Waals surface area contributed by atoms with Crippen LogP contribution in [-0.4, -0.2) is 22.2 Å². The molecule has 2 rings (SSSR count). The molecule has 0 spiro atoms. The van der Waals surface area contributed by atoms with Crippen LogP contribution in [0.3, 0.4) is 0 Å². The lowest BCUT2D eigenvalue weighted by atomic mass is 10.3. The highest BCUT2D eigenvalue weighted by Gasteiger charge is 2.20. The van der Waals surface area contributed by atoms with Crippen LogP contribution in [0, 0.1) is 0 Å². The van der Waals surface area contributed by atoms with Crippen molar-refractivity contribution in [2.24, 2.45) is 5.73 Å². The average molecular weight is 246 g/mol. The molecule has 2 heterocycles. The molecule has 5 heteroatoms. The van der Waals surface area contributed by atoms with E-state index in [1.807, 2.05) is 36.6 Å². The summed E-state index contributed by atoms with van der Waals surface area (Å²) in [7, 11) is 0. The predicted molar refractivity (Wildman–Crippen MR) is 67.2 cm³/mol. The van der Waals surface area contributed by atoms with Gasteiger partial charge in [-0.25, -0.2) is 4.98 Å². The van der Waals surface area contributed by atoms with Gasteiger partial charge in [0.05, 0.1) is 5.25 Å². The summed E-state index contributed by atoms with van der Waals surface area (Å²) in [5.41, 5.74) is 5.81. The van der Waals surface area contributed by atoms with E-state index >= 15 is 0 Å². The zero-order valence-corrected chi connectivity index (χ0v) is 10.6. The summed E-state index contributed by atoms with van der Waals surface area (Å²) in [4.78, 5) is 5.67. The third kappa shape index (κ3) is 2.45. The van der Waals surface area contributed by atoms with Crippen molar-refractivity contribution in [1.29, 1.82) is 0 Å². The van der Waals surface area contributed by atoms with E-state index in [-0.39, 0.29) is 6.04 Å². The summed E-state index contributed by atoms with van der Waals surface area (Å²) in [6.45, 7) is 2.01. The molecule has 2 nitrogen and oxygen atoms in total. The molecule has 0 aliphatic carbocycles. The molecular formula is C9H14N2S3. The van der Waals surface area contributed by atoms with Gasteiger partial charge in [0, 0.05) is 34.4 Å². The van der Waals surface area contributed by atoms with Crippen molar-refractivity contribution in [3.63, 3.8) is 0 Å². The van der Waals surface area contributed by atoms with E-state index in [2.05, 4.69) is 4.98 Å². The van der Waals surface area contributed by atoms with Crippen LogP contribution in [0.4, 0.5) is 0 Å². The predicted octanol–water partition coefficient (Wildman–Crippen LogP) is 2.68. The molecule has 0 saturated carbocycles. The first-order valence-corrected chi connectivity index (χ1v) is 7.70. The van der Waals surface area contributed by atoms with E-state index in [4.69, 9.17) is 5.73 Å². The monoisotopic (exact) mass is 246 g/mol.